The Balaban J connectivity index is 1.89. The average molecular weight is 372 g/mol. The van der Waals surface area contributed by atoms with Gasteiger partial charge in [-0.25, -0.2) is 4.98 Å². The van der Waals surface area contributed by atoms with Gasteiger partial charge in [0.05, 0.1) is 25.6 Å². The van der Waals surface area contributed by atoms with Gasteiger partial charge in [0.15, 0.2) is 11.5 Å². The summed E-state index contributed by atoms with van der Waals surface area (Å²) in [6.07, 6.45) is 2.95. The summed E-state index contributed by atoms with van der Waals surface area (Å²) >= 11 is 0. The zero-order chi connectivity index (χ0) is 19.7. The first-order valence-electron chi connectivity index (χ1n) is 9.34. The second-order valence-corrected chi connectivity index (χ2v) is 7.07. The van der Waals surface area contributed by atoms with Gasteiger partial charge in [0.1, 0.15) is 5.65 Å². The number of benzene rings is 2. The molecular weight excluding hydrogens is 348 g/mol. The lowest BCUT2D eigenvalue weighted by molar-refractivity contribution is 0.355. The lowest BCUT2D eigenvalue weighted by atomic mass is 10.0. The summed E-state index contributed by atoms with van der Waals surface area (Å²) in [4.78, 5) is 4.94. The van der Waals surface area contributed by atoms with Crippen molar-refractivity contribution in [1.82, 2.24) is 9.38 Å². The van der Waals surface area contributed by atoms with Gasteiger partial charge < -0.3 is 13.9 Å². The van der Waals surface area contributed by atoms with Crippen LogP contribution in [0.15, 0.2) is 60.8 Å². The van der Waals surface area contributed by atoms with Crippen molar-refractivity contribution in [2.45, 2.75) is 20.3 Å². The second-order valence-electron chi connectivity index (χ2n) is 7.07. The molecule has 4 aromatic rings. The average Bonchev–Trinajstić information content (AvgIpc) is 3.06. The van der Waals surface area contributed by atoms with Crippen molar-refractivity contribution < 1.29 is 9.47 Å². The van der Waals surface area contributed by atoms with Crippen LogP contribution in [0.4, 0.5) is 0 Å². The monoisotopic (exact) mass is 372 g/mol. The fourth-order valence-electron chi connectivity index (χ4n) is 3.48. The zero-order valence-corrected chi connectivity index (χ0v) is 16.7. The molecule has 0 aliphatic carbocycles. The van der Waals surface area contributed by atoms with Gasteiger partial charge in [-0.05, 0) is 49.2 Å². The van der Waals surface area contributed by atoms with Gasteiger partial charge in [-0.3, -0.25) is 0 Å². The minimum absolute atomic E-state index is 0.703. The van der Waals surface area contributed by atoms with E-state index in [0.717, 1.165) is 29.0 Å². The number of rotatable bonds is 5. The van der Waals surface area contributed by atoms with Crippen LogP contribution in [-0.4, -0.2) is 23.6 Å². The predicted octanol–water partition coefficient (Wildman–Crippen LogP) is 5.23. The number of pyridine rings is 1. The molecule has 0 aliphatic rings. The fraction of sp³-hybridized carbons (Fsp3) is 0.208. The number of nitrogens with zero attached hydrogens (tertiary/aromatic N) is 2. The van der Waals surface area contributed by atoms with Crippen molar-refractivity contribution in [1.29, 1.82) is 0 Å². The Morgan fingerprint density at radius 3 is 2.25 bits per heavy atom. The van der Waals surface area contributed by atoms with Gasteiger partial charge in [-0.2, -0.15) is 0 Å². The van der Waals surface area contributed by atoms with Crippen molar-refractivity contribution in [3.05, 3.63) is 83.2 Å². The number of fused-ring (bicyclic) bond motifs is 1. The van der Waals surface area contributed by atoms with Gasteiger partial charge in [-0.1, -0.05) is 35.9 Å². The molecule has 28 heavy (non-hydrogen) atoms. The van der Waals surface area contributed by atoms with Crippen molar-refractivity contribution in [2.75, 3.05) is 14.2 Å². The first-order valence-corrected chi connectivity index (χ1v) is 9.34. The van der Waals surface area contributed by atoms with Crippen LogP contribution in [0.3, 0.4) is 0 Å². The Bertz CT molecular complexity index is 1130. The maximum Gasteiger partial charge on any atom is 0.161 e. The summed E-state index contributed by atoms with van der Waals surface area (Å²) in [6, 6.07) is 18.8. The quantitative estimate of drug-likeness (QED) is 0.481. The van der Waals surface area contributed by atoms with E-state index in [-0.39, 0.29) is 0 Å². The topological polar surface area (TPSA) is 35.8 Å². The lowest BCUT2D eigenvalue weighted by Gasteiger charge is -2.10. The highest BCUT2D eigenvalue weighted by molar-refractivity contribution is 5.70. The van der Waals surface area contributed by atoms with E-state index >= 15 is 0 Å². The molecule has 0 unspecified atom stereocenters. The third-order valence-corrected chi connectivity index (χ3v) is 5.01. The van der Waals surface area contributed by atoms with Crippen LogP contribution >= 0.6 is 0 Å². The molecule has 4 heteroatoms. The molecule has 0 amide bonds. The van der Waals surface area contributed by atoms with Crippen LogP contribution in [0, 0.1) is 13.8 Å². The molecular formula is C24H24N2O2. The molecule has 2 aromatic carbocycles. The van der Waals surface area contributed by atoms with Crippen molar-refractivity contribution >= 4 is 5.65 Å². The van der Waals surface area contributed by atoms with E-state index < -0.39 is 0 Å². The number of hydrogen-bond donors (Lipinski definition) is 0. The second kappa shape index (κ2) is 7.39. The summed E-state index contributed by atoms with van der Waals surface area (Å²) in [7, 11) is 3.30. The highest BCUT2D eigenvalue weighted by Gasteiger charge is 2.16. The molecule has 0 N–H and O–H groups in total. The van der Waals surface area contributed by atoms with E-state index in [9.17, 15) is 0 Å². The van der Waals surface area contributed by atoms with Gasteiger partial charge in [-0.15, -0.1) is 0 Å². The van der Waals surface area contributed by atoms with Gasteiger partial charge in [0.25, 0.3) is 0 Å². The van der Waals surface area contributed by atoms with Crippen molar-refractivity contribution in [3.8, 4) is 22.8 Å². The molecule has 4 nitrogen and oxygen atoms in total. The van der Waals surface area contributed by atoms with E-state index in [1.807, 2.05) is 18.2 Å². The predicted molar refractivity (Wildman–Crippen MR) is 112 cm³/mol. The highest BCUT2D eigenvalue weighted by atomic mass is 16.5. The third kappa shape index (κ3) is 3.33. The Hall–Kier alpha value is -3.27. The van der Waals surface area contributed by atoms with E-state index in [1.165, 1.54) is 16.7 Å². The summed E-state index contributed by atoms with van der Waals surface area (Å²) in [6.45, 7) is 4.21. The number of aromatic nitrogens is 2. The summed E-state index contributed by atoms with van der Waals surface area (Å²) in [5, 5.41) is 0. The van der Waals surface area contributed by atoms with Gasteiger partial charge >= 0.3 is 0 Å². The van der Waals surface area contributed by atoms with Crippen molar-refractivity contribution in [3.63, 3.8) is 0 Å². The highest BCUT2D eigenvalue weighted by Crippen LogP contribution is 2.34. The summed E-state index contributed by atoms with van der Waals surface area (Å²) in [5.74, 6) is 1.42. The molecule has 0 radical (unpaired) electrons. The van der Waals surface area contributed by atoms with E-state index in [0.29, 0.717) is 11.5 Å². The minimum atomic E-state index is 0.703. The third-order valence-electron chi connectivity index (χ3n) is 5.01. The smallest absolute Gasteiger partial charge is 0.161 e. The maximum atomic E-state index is 5.50. The molecule has 0 fully saturated rings. The van der Waals surface area contributed by atoms with Crippen molar-refractivity contribution in [2.24, 2.45) is 0 Å². The van der Waals surface area contributed by atoms with E-state index in [2.05, 4.69) is 60.8 Å². The molecule has 0 saturated heterocycles. The molecule has 2 aromatic heterocycles. The number of ether oxygens (including phenoxy) is 2. The fourth-order valence-corrected chi connectivity index (χ4v) is 3.48. The van der Waals surface area contributed by atoms with E-state index in [1.54, 1.807) is 14.2 Å². The summed E-state index contributed by atoms with van der Waals surface area (Å²) in [5.41, 5.74) is 7.81. The Kier molecular flexibility index (Phi) is 4.78. The number of aryl methyl sites for hydroxylation is 2. The van der Waals surface area contributed by atoms with Crippen LogP contribution in [-0.2, 0) is 6.42 Å². The number of hydrogen-bond acceptors (Lipinski definition) is 3. The lowest BCUT2D eigenvalue weighted by Crippen LogP contribution is -1.98. The molecule has 0 aliphatic heterocycles. The van der Waals surface area contributed by atoms with Gasteiger partial charge in [0.2, 0.25) is 0 Å². The van der Waals surface area contributed by atoms with Crippen LogP contribution < -0.4 is 9.47 Å². The number of methoxy groups -OCH3 is 2. The molecule has 0 spiro atoms. The summed E-state index contributed by atoms with van der Waals surface area (Å²) < 4.78 is 13.1. The zero-order valence-electron chi connectivity index (χ0n) is 16.7. The molecule has 0 bridgehead atoms. The first kappa shape index (κ1) is 18.1. The molecule has 0 saturated carbocycles. The minimum Gasteiger partial charge on any atom is -0.493 e. The van der Waals surface area contributed by atoms with Crippen LogP contribution in [0.25, 0.3) is 16.9 Å². The Morgan fingerprint density at radius 1 is 0.821 bits per heavy atom. The van der Waals surface area contributed by atoms with Crippen LogP contribution in [0.1, 0.15) is 22.4 Å². The molecule has 142 valence electrons. The Morgan fingerprint density at radius 2 is 1.54 bits per heavy atom. The van der Waals surface area contributed by atoms with E-state index in [4.69, 9.17) is 14.5 Å². The normalized spacial score (nSPS) is 11.0. The largest absolute Gasteiger partial charge is 0.493 e. The molecule has 2 heterocycles. The maximum absolute atomic E-state index is 5.50. The Labute approximate surface area is 165 Å². The van der Waals surface area contributed by atoms with Crippen LogP contribution in [0.2, 0.25) is 0 Å². The molecule has 4 rings (SSSR count). The number of imidazole rings is 1. The SMILES string of the molecule is COc1ccc(-c2nc3ccc(C)cn3c2Cc2ccc(C)cc2)cc1OC. The first-order chi connectivity index (χ1) is 13.6. The van der Waals surface area contributed by atoms with Crippen LogP contribution in [0.5, 0.6) is 11.5 Å². The van der Waals surface area contributed by atoms with Gasteiger partial charge in [0, 0.05) is 18.2 Å². The molecule has 0 atom stereocenters. The standard InChI is InChI=1S/C24H24N2O2/c1-16-5-8-18(9-6-16)13-20-24(25-23-12-7-17(2)15-26(20)23)19-10-11-21(27-3)22(14-19)28-4/h5-12,14-15H,13H2,1-4H3.